The van der Waals surface area contributed by atoms with Crippen LogP contribution in [0.15, 0.2) is 40.9 Å². The summed E-state index contributed by atoms with van der Waals surface area (Å²) in [6.07, 6.45) is 0. The summed E-state index contributed by atoms with van der Waals surface area (Å²) in [5, 5.41) is 9.29. The van der Waals surface area contributed by atoms with Crippen molar-refractivity contribution in [3.8, 4) is 11.5 Å². The Morgan fingerprint density at radius 1 is 1.26 bits per heavy atom. The minimum atomic E-state index is -1.15. The Balaban J connectivity index is 2.44. The number of hydrogen-bond donors (Lipinski definition) is 2. The Kier molecular flexibility index (Phi) is 3.97. The zero-order chi connectivity index (χ0) is 14.0. The summed E-state index contributed by atoms with van der Waals surface area (Å²) in [4.78, 5) is 11.2. The highest BCUT2D eigenvalue weighted by molar-refractivity contribution is 9.10. The average Bonchev–Trinajstić information content (AvgIpc) is 2.34. The molecule has 3 N–H and O–H groups in total. The average molecular weight is 343 g/mol. The van der Waals surface area contributed by atoms with Crippen LogP contribution in [0.2, 0.25) is 5.02 Å². The minimum Gasteiger partial charge on any atom is -0.478 e. The van der Waals surface area contributed by atoms with Crippen molar-refractivity contribution in [2.75, 3.05) is 5.73 Å². The largest absolute Gasteiger partial charge is 0.478 e. The van der Waals surface area contributed by atoms with Gasteiger partial charge in [-0.25, -0.2) is 4.79 Å². The fraction of sp³-hybridized carbons (Fsp3) is 0. The SMILES string of the molecule is Nc1cc(Cl)c(Oc2ccc(Br)cc2)c(C(=O)O)c1. The van der Waals surface area contributed by atoms with Crippen LogP contribution in [0.3, 0.4) is 0 Å². The normalized spacial score (nSPS) is 10.2. The highest BCUT2D eigenvalue weighted by Crippen LogP contribution is 2.35. The number of rotatable bonds is 3. The summed E-state index contributed by atoms with van der Waals surface area (Å²) < 4.78 is 6.41. The van der Waals surface area contributed by atoms with Crippen LogP contribution in [-0.2, 0) is 0 Å². The number of anilines is 1. The van der Waals surface area contributed by atoms with Gasteiger partial charge in [0.1, 0.15) is 11.3 Å². The molecule has 0 atom stereocenters. The molecule has 2 aromatic carbocycles. The van der Waals surface area contributed by atoms with Crippen LogP contribution in [0, 0.1) is 0 Å². The van der Waals surface area contributed by atoms with Crippen molar-refractivity contribution >= 4 is 39.2 Å². The van der Waals surface area contributed by atoms with E-state index in [4.69, 9.17) is 27.2 Å². The van der Waals surface area contributed by atoms with Crippen LogP contribution in [0.25, 0.3) is 0 Å². The zero-order valence-electron chi connectivity index (χ0n) is 9.56. The lowest BCUT2D eigenvalue weighted by Crippen LogP contribution is -2.02. The molecule has 0 aliphatic carbocycles. The van der Waals surface area contributed by atoms with E-state index in [2.05, 4.69) is 15.9 Å². The molecule has 0 aliphatic heterocycles. The van der Waals surface area contributed by atoms with Crippen molar-refractivity contribution in [3.63, 3.8) is 0 Å². The molecule has 2 rings (SSSR count). The van der Waals surface area contributed by atoms with E-state index in [-0.39, 0.29) is 22.0 Å². The lowest BCUT2D eigenvalue weighted by molar-refractivity contribution is 0.0694. The number of ether oxygens (including phenoxy) is 1. The number of aromatic carboxylic acids is 1. The van der Waals surface area contributed by atoms with Gasteiger partial charge in [0, 0.05) is 10.2 Å². The summed E-state index contributed by atoms with van der Waals surface area (Å²) in [6, 6.07) is 9.71. The molecule has 0 unspecified atom stereocenters. The van der Waals surface area contributed by atoms with Gasteiger partial charge in [-0.1, -0.05) is 27.5 Å². The van der Waals surface area contributed by atoms with Crippen LogP contribution in [0.1, 0.15) is 10.4 Å². The first-order valence-electron chi connectivity index (χ1n) is 5.23. The van der Waals surface area contributed by atoms with Gasteiger partial charge in [-0.15, -0.1) is 0 Å². The number of nitrogens with two attached hydrogens (primary N) is 1. The molecule has 0 saturated heterocycles. The van der Waals surface area contributed by atoms with Gasteiger partial charge in [0.15, 0.2) is 5.75 Å². The maximum atomic E-state index is 11.2. The molecular formula is C13H9BrClNO3. The number of carbonyl (C=O) groups is 1. The second-order valence-electron chi connectivity index (χ2n) is 3.74. The van der Waals surface area contributed by atoms with Gasteiger partial charge in [-0.05, 0) is 36.4 Å². The van der Waals surface area contributed by atoms with E-state index in [1.165, 1.54) is 12.1 Å². The van der Waals surface area contributed by atoms with Gasteiger partial charge in [-0.2, -0.15) is 0 Å². The van der Waals surface area contributed by atoms with E-state index >= 15 is 0 Å². The molecule has 6 heteroatoms. The third kappa shape index (κ3) is 3.19. The molecule has 98 valence electrons. The third-order valence-corrected chi connectivity index (χ3v) is 3.14. The smallest absolute Gasteiger partial charge is 0.339 e. The van der Waals surface area contributed by atoms with Crippen molar-refractivity contribution in [2.45, 2.75) is 0 Å². The van der Waals surface area contributed by atoms with Crippen molar-refractivity contribution in [3.05, 3.63) is 51.5 Å². The molecule has 0 amide bonds. The highest BCUT2D eigenvalue weighted by Gasteiger charge is 2.17. The lowest BCUT2D eigenvalue weighted by Gasteiger charge is -2.11. The number of hydrogen-bond acceptors (Lipinski definition) is 3. The van der Waals surface area contributed by atoms with Crippen molar-refractivity contribution < 1.29 is 14.6 Å². The fourth-order valence-electron chi connectivity index (χ4n) is 1.50. The van der Waals surface area contributed by atoms with Crippen molar-refractivity contribution in [1.82, 2.24) is 0 Å². The molecule has 0 fully saturated rings. The van der Waals surface area contributed by atoms with Crippen molar-refractivity contribution in [1.29, 1.82) is 0 Å². The molecule has 0 spiro atoms. The number of benzene rings is 2. The standard InChI is InChI=1S/C13H9BrClNO3/c14-7-1-3-9(4-2-7)19-12-10(13(17)18)5-8(16)6-11(12)15/h1-6H,16H2,(H,17,18). The minimum absolute atomic E-state index is 0.0747. The Morgan fingerprint density at radius 3 is 2.47 bits per heavy atom. The van der Waals surface area contributed by atoms with Gasteiger partial charge in [0.2, 0.25) is 0 Å². The maximum absolute atomic E-state index is 11.2. The molecule has 0 aromatic heterocycles. The Bertz CT molecular complexity index is 629. The predicted octanol–water partition coefficient (Wildman–Crippen LogP) is 4.18. The molecule has 0 aliphatic rings. The number of halogens is 2. The molecule has 2 aromatic rings. The summed E-state index contributed by atoms with van der Waals surface area (Å²) in [5.74, 6) is -0.593. The van der Waals surface area contributed by atoms with Gasteiger partial charge in [-0.3, -0.25) is 0 Å². The van der Waals surface area contributed by atoms with E-state index in [1.54, 1.807) is 24.3 Å². The van der Waals surface area contributed by atoms with E-state index in [1.807, 2.05) is 0 Å². The van der Waals surface area contributed by atoms with Crippen LogP contribution in [0.5, 0.6) is 11.5 Å². The Morgan fingerprint density at radius 2 is 1.89 bits per heavy atom. The molecule has 0 saturated carbocycles. The topological polar surface area (TPSA) is 72.5 Å². The Labute approximate surface area is 122 Å². The quantitative estimate of drug-likeness (QED) is 0.821. The predicted molar refractivity (Wildman–Crippen MR) is 77.0 cm³/mol. The number of nitrogen functional groups attached to an aromatic ring is 1. The van der Waals surface area contributed by atoms with E-state index in [9.17, 15) is 4.79 Å². The lowest BCUT2D eigenvalue weighted by atomic mass is 10.2. The first-order chi connectivity index (χ1) is 8.97. The molecule has 0 radical (unpaired) electrons. The second kappa shape index (κ2) is 5.50. The first kappa shape index (κ1) is 13.7. The van der Waals surface area contributed by atoms with E-state index in [0.29, 0.717) is 5.75 Å². The van der Waals surface area contributed by atoms with Crippen LogP contribution >= 0.6 is 27.5 Å². The molecule has 4 nitrogen and oxygen atoms in total. The van der Waals surface area contributed by atoms with Gasteiger partial charge < -0.3 is 15.6 Å². The second-order valence-corrected chi connectivity index (χ2v) is 5.06. The first-order valence-corrected chi connectivity index (χ1v) is 6.40. The van der Waals surface area contributed by atoms with Crippen molar-refractivity contribution in [2.24, 2.45) is 0 Å². The van der Waals surface area contributed by atoms with Crippen LogP contribution in [-0.4, -0.2) is 11.1 Å². The van der Waals surface area contributed by atoms with E-state index < -0.39 is 5.97 Å². The zero-order valence-corrected chi connectivity index (χ0v) is 11.9. The van der Waals surface area contributed by atoms with Gasteiger partial charge >= 0.3 is 5.97 Å². The summed E-state index contributed by atoms with van der Waals surface area (Å²) >= 11 is 9.28. The Hall–Kier alpha value is -1.72. The maximum Gasteiger partial charge on any atom is 0.339 e. The van der Waals surface area contributed by atoms with Gasteiger partial charge in [0.25, 0.3) is 0 Å². The van der Waals surface area contributed by atoms with Crippen LogP contribution in [0.4, 0.5) is 5.69 Å². The fourth-order valence-corrected chi connectivity index (χ4v) is 2.03. The molecular weight excluding hydrogens is 334 g/mol. The molecule has 19 heavy (non-hydrogen) atoms. The molecule has 0 bridgehead atoms. The van der Waals surface area contributed by atoms with Gasteiger partial charge in [0.05, 0.1) is 5.02 Å². The summed E-state index contributed by atoms with van der Waals surface area (Å²) in [5.41, 5.74) is 5.76. The van der Waals surface area contributed by atoms with E-state index in [0.717, 1.165) is 4.47 Å². The monoisotopic (exact) mass is 341 g/mol. The third-order valence-electron chi connectivity index (χ3n) is 2.33. The molecule has 0 heterocycles. The number of carboxylic acids is 1. The van der Waals surface area contributed by atoms with Crippen LogP contribution < -0.4 is 10.5 Å². The number of carboxylic acid groups (broad SMARTS) is 1. The summed E-state index contributed by atoms with van der Waals surface area (Å²) in [7, 11) is 0. The summed E-state index contributed by atoms with van der Waals surface area (Å²) in [6.45, 7) is 0. The highest BCUT2D eigenvalue weighted by atomic mass is 79.9.